The van der Waals surface area contributed by atoms with Crippen LogP contribution >= 0.6 is 0 Å². The van der Waals surface area contributed by atoms with Crippen molar-refractivity contribution in [2.75, 3.05) is 72.6 Å². The van der Waals surface area contributed by atoms with Gasteiger partial charge in [-0.25, -0.2) is 8.42 Å². The van der Waals surface area contributed by atoms with Crippen LogP contribution in [-0.4, -0.2) is 106 Å². The molecule has 0 aliphatic carbocycles. The van der Waals surface area contributed by atoms with Gasteiger partial charge >= 0.3 is 0 Å². The van der Waals surface area contributed by atoms with Crippen LogP contribution in [0.15, 0.2) is 21.8 Å². The van der Waals surface area contributed by atoms with Crippen molar-refractivity contribution in [1.29, 1.82) is 0 Å². The zero-order valence-electron chi connectivity index (χ0n) is 17.1. The molecule has 1 N–H and O–H groups in total. The average Bonchev–Trinajstić information content (AvgIpc) is 3.24. The Morgan fingerprint density at radius 1 is 1.17 bits per heavy atom. The Morgan fingerprint density at radius 2 is 1.93 bits per heavy atom. The number of sulfonamides is 1. The number of guanidine groups is 1. The van der Waals surface area contributed by atoms with Crippen molar-refractivity contribution in [3.63, 3.8) is 0 Å². The summed E-state index contributed by atoms with van der Waals surface area (Å²) >= 11 is 0. The number of hydrogen-bond donors (Lipinski definition) is 1. The molecule has 164 valence electrons. The van der Waals surface area contributed by atoms with Gasteiger partial charge in [0, 0.05) is 58.9 Å². The molecular formula is C18H32N6O4S. The highest BCUT2D eigenvalue weighted by Crippen LogP contribution is 2.13. The summed E-state index contributed by atoms with van der Waals surface area (Å²) in [5.41, 5.74) is 0.432. The normalized spacial score (nSPS) is 20.2. The molecule has 0 amide bonds. The molecule has 0 atom stereocenters. The number of hydrogen-bond acceptors (Lipinski definition) is 7. The maximum Gasteiger partial charge on any atom is 0.220 e. The molecule has 29 heavy (non-hydrogen) atoms. The second kappa shape index (κ2) is 10.9. The molecule has 1 aromatic rings. The monoisotopic (exact) mass is 428 g/mol. The van der Waals surface area contributed by atoms with Crippen molar-refractivity contribution >= 4 is 16.0 Å². The molecule has 0 aromatic carbocycles. The van der Waals surface area contributed by atoms with Gasteiger partial charge in [0.25, 0.3) is 0 Å². The predicted molar refractivity (Wildman–Crippen MR) is 110 cm³/mol. The van der Waals surface area contributed by atoms with Gasteiger partial charge in [-0.15, -0.1) is 0 Å². The number of nitrogens with one attached hydrogen (secondary N) is 1. The van der Waals surface area contributed by atoms with E-state index >= 15 is 0 Å². The second-order valence-corrected chi connectivity index (χ2v) is 9.24. The largest absolute Gasteiger partial charge is 0.379 e. The summed E-state index contributed by atoms with van der Waals surface area (Å²) in [5.74, 6) is 0.713. The van der Waals surface area contributed by atoms with E-state index in [1.54, 1.807) is 13.1 Å². The van der Waals surface area contributed by atoms with Crippen molar-refractivity contribution < 1.29 is 17.7 Å². The lowest BCUT2D eigenvalue weighted by atomic mass is 10.2. The van der Waals surface area contributed by atoms with Crippen LogP contribution in [0.3, 0.4) is 0 Å². The maximum atomic E-state index is 12.5. The minimum absolute atomic E-state index is 0.125. The van der Waals surface area contributed by atoms with Gasteiger partial charge in [0.2, 0.25) is 10.0 Å². The first kappa shape index (κ1) is 22.0. The second-order valence-electron chi connectivity index (χ2n) is 7.27. The molecule has 3 heterocycles. The predicted octanol–water partition coefficient (Wildman–Crippen LogP) is -0.190. The highest BCUT2D eigenvalue weighted by atomic mass is 32.2. The molecule has 2 aliphatic rings. The molecule has 0 saturated carbocycles. The van der Waals surface area contributed by atoms with Gasteiger partial charge in [-0.2, -0.15) is 4.31 Å². The summed E-state index contributed by atoms with van der Waals surface area (Å²) in [6, 6.07) is 1.58. The summed E-state index contributed by atoms with van der Waals surface area (Å²) in [7, 11) is -1.62. The van der Waals surface area contributed by atoms with Crippen LogP contribution in [0.4, 0.5) is 0 Å². The van der Waals surface area contributed by atoms with Gasteiger partial charge in [0.05, 0.1) is 18.9 Å². The van der Waals surface area contributed by atoms with E-state index in [9.17, 15) is 8.42 Å². The highest BCUT2D eigenvalue weighted by Gasteiger charge is 2.28. The lowest BCUT2D eigenvalue weighted by molar-refractivity contribution is 0.0372. The summed E-state index contributed by atoms with van der Waals surface area (Å²) < 4.78 is 36.7. The first-order chi connectivity index (χ1) is 14.1. The number of unbranched alkanes of at least 4 members (excludes halogenated alkanes) is 1. The van der Waals surface area contributed by atoms with E-state index in [-0.39, 0.29) is 5.75 Å². The van der Waals surface area contributed by atoms with Gasteiger partial charge in [-0.1, -0.05) is 5.16 Å². The average molecular weight is 429 g/mol. The Bertz CT molecular complexity index is 726. The van der Waals surface area contributed by atoms with E-state index in [0.29, 0.717) is 31.9 Å². The van der Waals surface area contributed by atoms with Crippen LogP contribution < -0.4 is 5.32 Å². The van der Waals surface area contributed by atoms with Gasteiger partial charge in [0.15, 0.2) is 5.96 Å². The van der Waals surface area contributed by atoms with Gasteiger partial charge in [0.1, 0.15) is 12.0 Å². The first-order valence-electron chi connectivity index (χ1n) is 10.2. The van der Waals surface area contributed by atoms with E-state index in [4.69, 9.17) is 9.26 Å². The lowest BCUT2D eigenvalue weighted by Crippen LogP contribution is -2.54. The number of rotatable bonds is 8. The zero-order chi connectivity index (χ0) is 20.5. The Morgan fingerprint density at radius 3 is 2.59 bits per heavy atom. The topological polar surface area (TPSA) is 104 Å². The lowest BCUT2D eigenvalue weighted by Gasteiger charge is -2.35. The standard InChI is InChI=1S/C18H32N6O4S/c1-19-18(20-5-2-3-6-22-11-14-27-15-12-22)23-7-9-24(10-8-23)29(25,26)16-17-4-13-28-21-17/h4,13H,2-3,5-12,14-16H2,1H3,(H,19,20). The Kier molecular flexibility index (Phi) is 8.28. The molecule has 3 rings (SSSR count). The van der Waals surface area contributed by atoms with Crippen molar-refractivity contribution in [1.82, 2.24) is 24.6 Å². The van der Waals surface area contributed by atoms with Crippen LogP contribution in [0.25, 0.3) is 0 Å². The number of aromatic nitrogens is 1. The van der Waals surface area contributed by atoms with E-state index in [0.717, 1.165) is 58.2 Å². The fourth-order valence-electron chi connectivity index (χ4n) is 3.59. The summed E-state index contributed by atoms with van der Waals surface area (Å²) in [6.07, 6.45) is 3.60. The molecule has 2 saturated heterocycles. The van der Waals surface area contributed by atoms with E-state index in [2.05, 4.69) is 25.3 Å². The van der Waals surface area contributed by atoms with Crippen LogP contribution in [0.5, 0.6) is 0 Å². The molecular weight excluding hydrogens is 396 g/mol. The molecule has 2 aliphatic heterocycles. The van der Waals surface area contributed by atoms with Crippen LogP contribution in [-0.2, 0) is 20.5 Å². The van der Waals surface area contributed by atoms with Gasteiger partial charge in [-0.3, -0.25) is 9.89 Å². The fraction of sp³-hybridized carbons (Fsp3) is 0.778. The minimum atomic E-state index is -3.39. The summed E-state index contributed by atoms with van der Waals surface area (Å²) in [5, 5.41) is 7.11. The van der Waals surface area contributed by atoms with Crippen LogP contribution in [0.2, 0.25) is 0 Å². The highest BCUT2D eigenvalue weighted by molar-refractivity contribution is 7.88. The molecule has 0 radical (unpaired) electrons. The third-order valence-corrected chi connectivity index (χ3v) is 7.07. The molecule has 10 nitrogen and oxygen atoms in total. The maximum absolute atomic E-state index is 12.5. The smallest absolute Gasteiger partial charge is 0.220 e. The molecule has 0 bridgehead atoms. The van der Waals surface area contributed by atoms with Crippen LogP contribution in [0, 0.1) is 0 Å². The molecule has 0 spiro atoms. The fourth-order valence-corrected chi connectivity index (χ4v) is 5.01. The minimum Gasteiger partial charge on any atom is -0.379 e. The van der Waals surface area contributed by atoms with Crippen molar-refractivity contribution in [3.8, 4) is 0 Å². The quantitative estimate of drug-likeness (QED) is 0.345. The molecule has 2 fully saturated rings. The summed E-state index contributed by atoms with van der Waals surface area (Å²) in [6.45, 7) is 7.81. The third-order valence-electron chi connectivity index (χ3n) is 5.25. The number of piperazine rings is 1. The van der Waals surface area contributed by atoms with Crippen molar-refractivity contribution in [3.05, 3.63) is 18.0 Å². The molecule has 0 unspecified atom stereocenters. The Balaban J connectivity index is 1.36. The SMILES string of the molecule is CN=C(NCCCCN1CCOCC1)N1CCN(S(=O)(=O)Cc2ccon2)CC1. The molecule has 11 heteroatoms. The van der Waals surface area contributed by atoms with Crippen molar-refractivity contribution in [2.45, 2.75) is 18.6 Å². The van der Waals surface area contributed by atoms with E-state index in [1.165, 1.54) is 10.6 Å². The van der Waals surface area contributed by atoms with E-state index in [1.807, 2.05) is 0 Å². The summed E-state index contributed by atoms with van der Waals surface area (Å²) in [4.78, 5) is 8.92. The van der Waals surface area contributed by atoms with E-state index < -0.39 is 10.0 Å². The zero-order valence-corrected chi connectivity index (χ0v) is 17.9. The number of aliphatic imine (C=N–C) groups is 1. The van der Waals surface area contributed by atoms with Crippen LogP contribution in [0.1, 0.15) is 18.5 Å². The Labute approximate surface area is 172 Å². The number of nitrogens with zero attached hydrogens (tertiary/aromatic N) is 5. The Hall–Kier alpha value is -1.69. The van der Waals surface area contributed by atoms with Gasteiger partial charge < -0.3 is 19.5 Å². The van der Waals surface area contributed by atoms with Gasteiger partial charge in [-0.05, 0) is 19.4 Å². The number of ether oxygens (including phenoxy) is 1. The number of morpholine rings is 1. The van der Waals surface area contributed by atoms with Crippen molar-refractivity contribution in [2.24, 2.45) is 4.99 Å². The molecule has 1 aromatic heterocycles. The third kappa shape index (κ3) is 6.66. The first-order valence-corrected chi connectivity index (χ1v) is 11.8.